The van der Waals surface area contributed by atoms with Gasteiger partial charge >= 0.3 is 0 Å². The van der Waals surface area contributed by atoms with Crippen molar-refractivity contribution in [2.75, 3.05) is 33.5 Å². The Morgan fingerprint density at radius 1 is 1.20 bits per heavy atom. The highest BCUT2D eigenvalue weighted by Crippen LogP contribution is 2.15. The van der Waals surface area contributed by atoms with Crippen LogP contribution in [0.15, 0.2) is 4.52 Å². The molecule has 0 aliphatic rings. The zero-order chi connectivity index (χ0) is 14.6. The highest BCUT2D eigenvalue weighted by molar-refractivity contribution is 4.87. The van der Waals surface area contributed by atoms with Crippen molar-refractivity contribution in [1.29, 1.82) is 0 Å². The van der Waals surface area contributed by atoms with Crippen LogP contribution < -0.4 is 5.73 Å². The van der Waals surface area contributed by atoms with Gasteiger partial charge in [-0.2, -0.15) is 4.98 Å². The SMILES string of the molecule is CCC(CCN)CCc1nc(CCOCCOC)no1. The number of hydrogen-bond acceptors (Lipinski definition) is 6. The largest absolute Gasteiger partial charge is 0.382 e. The lowest BCUT2D eigenvalue weighted by atomic mass is 9.97. The van der Waals surface area contributed by atoms with E-state index >= 15 is 0 Å². The third-order valence-corrected chi connectivity index (χ3v) is 3.33. The lowest BCUT2D eigenvalue weighted by Crippen LogP contribution is -2.09. The van der Waals surface area contributed by atoms with Crippen LogP contribution in [0.4, 0.5) is 0 Å². The van der Waals surface area contributed by atoms with Gasteiger partial charge in [-0.05, 0) is 25.3 Å². The maximum atomic E-state index is 5.59. The molecule has 0 amide bonds. The van der Waals surface area contributed by atoms with Crippen molar-refractivity contribution in [2.45, 2.75) is 39.0 Å². The Labute approximate surface area is 121 Å². The van der Waals surface area contributed by atoms with E-state index in [1.165, 1.54) is 0 Å². The summed E-state index contributed by atoms with van der Waals surface area (Å²) < 4.78 is 15.5. The second kappa shape index (κ2) is 10.8. The molecule has 1 atom stereocenters. The molecule has 0 fully saturated rings. The quantitative estimate of drug-likeness (QED) is 0.587. The zero-order valence-corrected chi connectivity index (χ0v) is 12.6. The molecule has 0 saturated heterocycles. The smallest absolute Gasteiger partial charge is 0.226 e. The molecule has 2 N–H and O–H groups in total. The van der Waals surface area contributed by atoms with Crippen molar-refractivity contribution in [1.82, 2.24) is 10.1 Å². The minimum Gasteiger partial charge on any atom is -0.382 e. The van der Waals surface area contributed by atoms with Gasteiger partial charge in [0.2, 0.25) is 5.89 Å². The van der Waals surface area contributed by atoms with Gasteiger partial charge < -0.3 is 19.7 Å². The third kappa shape index (κ3) is 6.98. The van der Waals surface area contributed by atoms with E-state index < -0.39 is 0 Å². The fourth-order valence-electron chi connectivity index (χ4n) is 2.02. The number of methoxy groups -OCH3 is 1. The molecule has 1 aromatic heterocycles. The average Bonchev–Trinajstić information content (AvgIpc) is 2.91. The molecule has 1 heterocycles. The van der Waals surface area contributed by atoms with Crippen LogP contribution in [0.2, 0.25) is 0 Å². The molecule has 1 rings (SSSR count). The molecule has 1 unspecified atom stereocenters. The third-order valence-electron chi connectivity index (χ3n) is 3.33. The number of hydrogen-bond donors (Lipinski definition) is 1. The Kier molecular flexibility index (Phi) is 9.19. The molecule has 116 valence electrons. The van der Waals surface area contributed by atoms with Crippen molar-refractivity contribution in [3.8, 4) is 0 Å². The first-order valence-electron chi connectivity index (χ1n) is 7.38. The van der Waals surface area contributed by atoms with E-state index in [9.17, 15) is 0 Å². The highest BCUT2D eigenvalue weighted by atomic mass is 16.5. The van der Waals surface area contributed by atoms with Crippen molar-refractivity contribution in [2.24, 2.45) is 11.7 Å². The Hall–Kier alpha value is -0.980. The topological polar surface area (TPSA) is 83.4 Å². The second-order valence-electron chi connectivity index (χ2n) is 4.85. The predicted molar refractivity (Wildman–Crippen MR) is 76.5 cm³/mol. The van der Waals surface area contributed by atoms with Crippen LogP contribution in [0.25, 0.3) is 0 Å². The molecular weight excluding hydrogens is 258 g/mol. The summed E-state index contributed by atoms with van der Waals surface area (Å²) in [5, 5.41) is 3.96. The zero-order valence-electron chi connectivity index (χ0n) is 12.6. The molecule has 20 heavy (non-hydrogen) atoms. The normalized spacial score (nSPS) is 12.8. The van der Waals surface area contributed by atoms with Crippen LogP contribution in [0.3, 0.4) is 0 Å². The number of rotatable bonds is 12. The van der Waals surface area contributed by atoms with Crippen LogP contribution in [-0.2, 0) is 22.3 Å². The van der Waals surface area contributed by atoms with Gasteiger partial charge in [0.15, 0.2) is 5.82 Å². The van der Waals surface area contributed by atoms with Gasteiger partial charge in [0.25, 0.3) is 0 Å². The minimum absolute atomic E-state index is 0.590. The Bertz CT molecular complexity index is 344. The predicted octanol–water partition coefficient (Wildman–Crippen LogP) is 1.58. The number of aromatic nitrogens is 2. The summed E-state index contributed by atoms with van der Waals surface area (Å²) in [7, 11) is 1.66. The first-order valence-corrected chi connectivity index (χ1v) is 7.38. The second-order valence-corrected chi connectivity index (χ2v) is 4.85. The summed E-state index contributed by atoms with van der Waals surface area (Å²) in [4.78, 5) is 4.37. The van der Waals surface area contributed by atoms with Crippen LogP contribution in [0, 0.1) is 5.92 Å². The van der Waals surface area contributed by atoms with Gasteiger partial charge in [-0.3, -0.25) is 0 Å². The van der Waals surface area contributed by atoms with E-state index in [1.54, 1.807) is 7.11 Å². The fourth-order valence-corrected chi connectivity index (χ4v) is 2.02. The van der Waals surface area contributed by atoms with Crippen LogP contribution >= 0.6 is 0 Å². The summed E-state index contributed by atoms with van der Waals surface area (Å²) >= 11 is 0. The van der Waals surface area contributed by atoms with E-state index in [-0.39, 0.29) is 0 Å². The number of nitrogens with zero attached hydrogens (tertiary/aromatic N) is 2. The van der Waals surface area contributed by atoms with Gasteiger partial charge in [-0.25, -0.2) is 0 Å². The van der Waals surface area contributed by atoms with Gasteiger partial charge in [0, 0.05) is 20.0 Å². The molecule has 0 radical (unpaired) electrons. The molecule has 0 aliphatic carbocycles. The monoisotopic (exact) mass is 285 g/mol. The van der Waals surface area contributed by atoms with Crippen LogP contribution in [-0.4, -0.2) is 43.6 Å². The number of nitrogens with two attached hydrogens (primary N) is 1. The number of ether oxygens (including phenoxy) is 2. The average molecular weight is 285 g/mol. The summed E-state index contributed by atoms with van der Waals surface area (Å²) in [5.74, 6) is 2.07. The summed E-state index contributed by atoms with van der Waals surface area (Å²) in [6.07, 6.45) is 4.76. The van der Waals surface area contributed by atoms with Crippen molar-refractivity contribution in [3.05, 3.63) is 11.7 Å². The maximum Gasteiger partial charge on any atom is 0.226 e. The Balaban J connectivity index is 2.21. The van der Waals surface area contributed by atoms with Gasteiger partial charge in [-0.1, -0.05) is 18.5 Å². The lowest BCUT2D eigenvalue weighted by molar-refractivity contribution is 0.0714. The maximum absolute atomic E-state index is 5.59. The molecule has 6 heteroatoms. The van der Waals surface area contributed by atoms with Gasteiger partial charge in [0.1, 0.15) is 0 Å². The van der Waals surface area contributed by atoms with Crippen LogP contribution in [0.5, 0.6) is 0 Å². The molecule has 6 nitrogen and oxygen atoms in total. The molecule has 0 bridgehead atoms. The molecule has 0 saturated carbocycles. The Morgan fingerprint density at radius 2 is 2.05 bits per heavy atom. The first kappa shape index (κ1) is 17.1. The van der Waals surface area contributed by atoms with E-state index in [0.717, 1.165) is 32.2 Å². The van der Waals surface area contributed by atoms with E-state index in [0.29, 0.717) is 43.9 Å². The van der Waals surface area contributed by atoms with Gasteiger partial charge in [0.05, 0.1) is 19.8 Å². The standard InChI is InChI=1S/C14H27N3O3/c1-3-12(6-8-15)4-5-14-16-13(17-20-14)7-9-19-11-10-18-2/h12H,3-11,15H2,1-2H3. The minimum atomic E-state index is 0.590. The summed E-state index contributed by atoms with van der Waals surface area (Å²) in [6, 6.07) is 0. The van der Waals surface area contributed by atoms with Gasteiger partial charge in [-0.15, -0.1) is 0 Å². The first-order chi connectivity index (χ1) is 9.80. The molecule has 0 spiro atoms. The fraction of sp³-hybridized carbons (Fsp3) is 0.857. The van der Waals surface area contributed by atoms with Crippen molar-refractivity contribution < 1.29 is 14.0 Å². The molecule has 0 aliphatic heterocycles. The lowest BCUT2D eigenvalue weighted by Gasteiger charge is -2.11. The highest BCUT2D eigenvalue weighted by Gasteiger charge is 2.10. The molecular formula is C14H27N3O3. The van der Waals surface area contributed by atoms with Crippen LogP contribution in [0.1, 0.15) is 37.9 Å². The Morgan fingerprint density at radius 3 is 2.75 bits per heavy atom. The van der Waals surface area contributed by atoms with E-state index in [2.05, 4.69) is 17.1 Å². The summed E-state index contributed by atoms with van der Waals surface area (Å²) in [6.45, 7) is 4.73. The summed E-state index contributed by atoms with van der Waals surface area (Å²) in [5.41, 5.74) is 5.59. The van der Waals surface area contributed by atoms with E-state index in [1.807, 2.05) is 0 Å². The van der Waals surface area contributed by atoms with Crippen molar-refractivity contribution in [3.63, 3.8) is 0 Å². The van der Waals surface area contributed by atoms with E-state index in [4.69, 9.17) is 19.7 Å². The van der Waals surface area contributed by atoms with Crippen molar-refractivity contribution >= 4 is 0 Å². The molecule has 0 aromatic carbocycles. The number of aryl methyl sites for hydroxylation is 1. The molecule has 1 aromatic rings.